The first-order chi connectivity index (χ1) is 10.3. The Bertz CT molecular complexity index is 755. The molecule has 2 heterocycles. The van der Waals surface area contributed by atoms with Crippen molar-refractivity contribution in [3.63, 3.8) is 0 Å². The van der Waals surface area contributed by atoms with Gasteiger partial charge in [-0.25, -0.2) is 9.97 Å². The lowest BCUT2D eigenvalue weighted by atomic mass is 10.1. The van der Waals surface area contributed by atoms with Crippen molar-refractivity contribution in [2.45, 2.75) is 0 Å². The molecule has 0 atom stereocenters. The molecule has 5 heteroatoms. The van der Waals surface area contributed by atoms with Gasteiger partial charge in [0, 0.05) is 28.8 Å². The van der Waals surface area contributed by atoms with E-state index in [2.05, 4.69) is 9.97 Å². The Kier molecular flexibility index (Phi) is 3.83. The zero-order chi connectivity index (χ0) is 14.7. The zero-order valence-electron chi connectivity index (χ0n) is 11.7. The molecule has 0 unspecified atom stereocenters. The molecule has 0 saturated carbocycles. The van der Waals surface area contributed by atoms with Crippen LogP contribution >= 0.6 is 11.3 Å². The monoisotopic (exact) mass is 298 g/mol. The maximum atomic E-state index is 5.39. The van der Waals surface area contributed by atoms with E-state index in [4.69, 9.17) is 9.47 Å². The van der Waals surface area contributed by atoms with Gasteiger partial charge in [0.2, 0.25) is 5.88 Å². The third kappa shape index (κ3) is 2.73. The summed E-state index contributed by atoms with van der Waals surface area (Å²) in [6.07, 6.45) is 1.72. The average molecular weight is 298 g/mol. The molecule has 0 fully saturated rings. The molecule has 0 aliphatic heterocycles. The highest BCUT2D eigenvalue weighted by molar-refractivity contribution is 7.13. The number of hydrogen-bond donors (Lipinski definition) is 0. The smallest absolute Gasteiger partial charge is 0.213 e. The van der Waals surface area contributed by atoms with Crippen LogP contribution in [0.1, 0.15) is 0 Å². The normalized spacial score (nSPS) is 10.4. The van der Waals surface area contributed by atoms with Crippen LogP contribution in [0.2, 0.25) is 0 Å². The van der Waals surface area contributed by atoms with Gasteiger partial charge in [-0.2, -0.15) is 0 Å². The van der Waals surface area contributed by atoms with Gasteiger partial charge in [-0.3, -0.25) is 0 Å². The molecule has 0 N–H and O–H groups in total. The summed E-state index contributed by atoms with van der Waals surface area (Å²) in [6, 6.07) is 11.7. The minimum Gasteiger partial charge on any atom is -0.496 e. The summed E-state index contributed by atoms with van der Waals surface area (Å²) in [6.45, 7) is 0. The lowest BCUT2D eigenvalue weighted by molar-refractivity contribution is 0.398. The van der Waals surface area contributed by atoms with Crippen molar-refractivity contribution >= 4 is 11.3 Å². The van der Waals surface area contributed by atoms with Crippen LogP contribution in [-0.4, -0.2) is 24.2 Å². The van der Waals surface area contributed by atoms with Crippen molar-refractivity contribution in [1.82, 2.24) is 9.97 Å². The SMILES string of the molecule is COc1cc(-c2nc(-c3ccccc3OC)cs2)ccn1. The molecule has 1 aromatic carbocycles. The summed E-state index contributed by atoms with van der Waals surface area (Å²) in [5, 5.41) is 2.96. The molecule has 4 nitrogen and oxygen atoms in total. The minimum atomic E-state index is 0.585. The summed E-state index contributed by atoms with van der Waals surface area (Å²) in [4.78, 5) is 8.80. The average Bonchev–Trinajstić information content (AvgIpc) is 3.04. The van der Waals surface area contributed by atoms with Crippen molar-refractivity contribution < 1.29 is 9.47 Å². The number of benzene rings is 1. The van der Waals surface area contributed by atoms with Crippen molar-refractivity contribution in [2.24, 2.45) is 0 Å². The topological polar surface area (TPSA) is 44.2 Å². The standard InChI is InChI=1S/C16H14N2O2S/c1-19-14-6-4-3-5-12(14)13-10-21-16(18-13)11-7-8-17-15(9-11)20-2/h3-10H,1-2H3. The minimum absolute atomic E-state index is 0.585. The number of para-hydroxylation sites is 1. The Morgan fingerprint density at radius 3 is 2.71 bits per heavy atom. The van der Waals surface area contributed by atoms with Crippen molar-refractivity contribution in [3.05, 3.63) is 48.0 Å². The van der Waals surface area contributed by atoms with Gasteiger partial charge in [0.05, 0.1) is 19.9 Å². The fourth-order valence-corrected chi connectivity index (χ4v) is 2.86. The maximum Gasteiger partial charge on any atom is 0.213 e. The number of nitrogens with zero attached hydrogens (tertiary/aromatic N) is 2. The van der Waals surface area contributed by atoms with Gasteiger partial charge in [0.1, 0.15) is 10.8 Å². The molecule has 106 valence electrons. The molecular formula is C16H14N2O2S. The quantitative estimate of drug-likeness (QED) is 0.733. The molecular weight excluding hydrogens is 284 g/mol. The summed E-state index contributed by atoms with van der Waals surface area (Å²) in [5.41, 5.74) is 2.89. The van der Waals surface area contributed by atoms with Crippen LogP contribution < -0.4 is 9.47 Å². The van der Waals surface area contributed by atoms with E-state index in [9.17, 15) is 0 Å². The van der Waals surface area contributed by atoms with Crippen molar-refractivity contribution in [1.29, 1.82) is 0 Å². The van der Waals surface area contributed by atoms with Crippen molar-refractivity contribution in [3.8, 4) is 33.5 Å². The van der Waals surface area contributed by atoms with Gasteiger partial charge >= 0.3 is 0 Å². The molecule has 0 spiro atoms. The second-order valence-electron chi connectivity index (χ2n) is 4.33. The number of ether oxygens (including phenoxy) is 2. The van der Waals surface area contributed by atoms with E-state index in [1.807, 2.05) is 41.8 Å². The first kappa shape index (κ1) is 13.6. The highest BCUT2D eigenvalue weighted by Crippen LogP contribution is 2.34. The first-order valence-electron chi connectivity index (χ1n) is 6.41. The van der Waals surface area contributed by atoms with Crippen LogP contribution in [0.25, 0.3) is 21.8 Å². The predicted molar refractivity (Wildman–Crippen MR) is 83.9 cm³/mol. The molecule has 0 radical (unpaired) electrons. The van der Waals surface area contributed by atoms with Gasteiger partial charge in [-0.1, -0.05) is 12.1 Å². The lowest BCUT2D eigenvalue weighted by Gasteiger charge is -2.05. The molecule has 3 rings (SSSR count). The van der Waals surface area contributed by atoms with Crippen LogP contribution in [0.3, 0.4) is 0 Å². The van der Waals surface area contributed by atoms with Gasteiger partial charge in [-0.15, -0.1) is 11.3 Å². The molecule has 0 aliphatic carbocycles. The summed E-state index contributed by atoms with van der Waals surface area (Å²) in [7, 11) is 3.27. The highest BCUT2D eigenvalue weighted by Gasteiger charge is 2.11. The molecule has 3 aromatic rings. The van der Waals surface area contributed by atoms with E-state index < -0.39 is 0 Å². The number of aromatic nitrogens is 2. The number of hydrogen-bond acceptors (Lipinski definition) is 5. The summed E-state index contributed by atoms with van der Waals surface area (Å²) >= 11 is 1.59. The van der Waals surface area contributed by atoms with Crippen molar-refractivity contribution in [2.75, 3.05) is 14.2 Å². The second-order valence-corrected chi connectivity index (χ2v) is 5.18. The molecule has 2 aromatic heterocycles. The van der Waals surface area contributed by atoms with Crippen LogP contribution in [0, 0.1) is 0 Å². The molecule has 0 saturated heterocycles. The molecule has 0 bridgehead atoms. The van der Waals surface area contributed by atoms with Crippen LogP contribution in [-0.2, 0) is 0 Å². The third-order valence-corrected chi connectivity index (χ3v) is 3.97. The van der Waals surface area contributed by atoms with Crippen LogP contribution in [0.15, 0.2) is 48.0 Å². The Morgan fingerprint density at radius 2 is 1.90 bits per heavy atom. The maximum absolute atomic E-state index is 5.39. The second kappa shape index (κ2) is 5.93. The fraction of sp³-hybridized carbons (Fsp3) is 0.125. The number of rotatable bonds is 4. The van der Waals surface area contributed by atoms with Crippen LogP contribution in [0.5, 0.6) is 11.6 Å². The van der Waals surface area contributed by atoms with E-state index in [1.54, 1.807) is 31.8 Å². The Hall–Kier alpha value is -2.40. The Morgan fingerprint density at radius 1 is 1.05 bits per heavy atom. The first-order valence-corrected chi connectivity index (χ1v) is 7.29. The van der Waals surface area contributed by atoms with E-state index in [0.29, 0.717) is 5.88 Å². The fourth-order valence-electron chi connectivity index (χ4n) is 2.04. The van der Waals surface area contributed by atoms with Gasteiger partial charge < -0.3 is 9.47 Å². The van der Waals surface area contributed by atoms with E-state index in [1.165, 1.54) is 0 Å². The molecule has 21 heavy (non-hydrogen) atoms. The van der Waals surface area contributed by atoms with Gasteiger partial charge in [-0.05, 0) is 18.2 Å². The number of pyridine rings is 1. The summed E-state index contributed by atoms with van der Waals surface area (Å²) < 4.78 is 10.5. The molecule has 0 amide bonds. The van der Waals surface area contributed by atoms with E-state index >= 15 is 0 Å². The Labute approximate surface area is 127 Å². The van der Waals surface area contributed by atoms with E-state index in [0.717, 1.165) is 27.6 Å². The lowest BCUT2D eigenvalue weighted by Crippen LogP contribution is -1.88. The number of methoxy groups -OCH3 is 2. The number of thiazole rings is 1. The summed E-state index contributed by atoms with van der Waals surface area (Å²) in [5.74, 6) is 1.41. The van der Waals surface area contributed by atoms with E-state index in [-0.39, 0.29) is 0 Å². The molecule has 0 aliphatic rings. The highest BCUT2D eigenvalue weighted by atomic mass is 32.1. The predicted octanol–water partition coefficient (Wildman–Crippen LogP) is 3.89. The van der Waals surface area contributed by atoms with Gasteiger partial charge in [0.15, 0.2) is 0 Å². The Balaban J connectivity index is 1.99. The van der Waals surface area contributed by atoms with Gasteiger partial charge in [0.25, 0.3) is 0 Å². The largest absolute Gasteiger partial charge is 0.496 e. The zero-order valence-corrected chi connectivity index (χ0v) is 12.6. The third-order valence-electron chi connectivity index (χ3n) is 3.08. The van der Waals surface area contributed by atoms with Crippen LogP contribution in [0.4, 0.5) is 0 Å².